The Morgan fingerprint density at radius 3 is 2.50 bits per heavy atom. The molecule has 0 atom stereocenters. The first-order valence-electron chi connectivity index (χ1n) is 7.96. The van der Waals surface area contributed by atoms with Crippen molar-refractivity contribution in [2.45, 2.75) is 25.2 Å². The summed E-state index contributed by atoms with van der Waals surface area (Å²) in [7, 11) is 0. The topological polar surface area (TPSA) is 41.9 Å². The molecule has 0 aromatic heterocycles. The lowest BCUT2D eigenvalue weighted by Gasteiger charge is -2.37. The van der Waals surface area contributed by atoms with Crippen LogP contribution >= 0.6 is 0 Å². The zero-order valence-corrected chi connectivity index (χ0v) is 12.6. The SMILES string of the molecule is Oc1ccc2ccccc2c1CN1CCC2(CC1)OCCO2. The second-order valence-corrected chi connectivity index (χ2v) is 6.17. The summed E-state index contributed by atoms with van der Waals surface area (Å²) in [6.45, 7) is 4.06. The Morgan fingerprint density at radius 2 is 1.73 bits per heavy atom. The summed E-state index contributed by atoms with van der Waals surface area (Å²) in [5, 5.41) is 12.6. The Hall–Kier alpha value is -1.62. The van der Waals surface area contributed by atoms with E-state index in [1.165, 1.54) is 5.39 Å². The summed E-state index contributed by atoms with van der Waals surface area (Å²) < 4.78 is 11.6. The van der Waals surface area contributed by atoms with Crippen LogP contribution in [0.1, 0.15) is 18.4 Å². The van der Waals surface area contributed by atoms with E-state index in [1.807, 2.05) is 18.2 Å². The number of piperidine rings is 1. The van der Waals surface area contributed by atoms with E-state index in [0.717, 1.165) is 43.4 Å². The van der Waals surface area contributed by atoms with Crippen molar-refractivity contribution in [1.82, 2.24) is 4.90 Å². The molecule has 2 aromatic rings. The predicted molar refractivity (Wildman–Crippen MR) is 84.8 cm³/mol. The number of rotatable bonds is 2. The van der Waals surface area contributed by atoms with E-state index in [9.17, 15) is 5.11 Å². The van der Waals surface area contributed by atoms with Crippen LogP contribution in [0.15, 0.2) is 36.4 Å². The lowest BCUT2D eigenvalue weighted by atomic mass is 10.00. The first-order chi connectivity index (χ1) is 10.8. The zero-order valence-electron chi connectivity index (χ0n) is 12.6. The third-order valence-electron chi connectivity index (χ3n) is 4.83. The van der Waals surface area contributed by atoms with E-state index < -0.39 is 0 Å². The Balaban J connectivity index is 1.53. The standard InChI is InChI=1S/C18H21NO3/c20-17-6-5-14-3-1-2-4-15(14)16(17)13-19-9-7-18(8-10-19)21-11-12-22-18/h1-6,20H,7-13H2. The van der Waals surface area contributed by atoms with Crippen molar-refractivity contribution in [2.24, 2.45) is 0 Å². The maximum atomic E-state index is 10.3. The van der Waals surface area contributed by atoms with E-state index >= 15 is 0 Å². The molecule has 2 aromatic carbocycles. The number of nitrogens with zero attached hydrogens (tertiary/aromatic N) is 1. The second kappa shape index (κ2) is 5.54. The van der Waals surface area contributed by atoms with E-state index in [-0.39, 0.29) is 5.79 Å². The van der Waals surface area contributed by atoms with Crippen LogP contribution in [0.5, 0.6) is 5.75 Å². The minimum absolute atomic E-state index is 0.336. The number of likely N-dealkylation sites (tertiary alicyclic amines) is 1. The number of hydrogen-bond donors (Lipinski definition) is 1. The first kappa shape index (κ1) is 14.0. The number of phenols is 1. The molecule has 2 heterocycles. The maximum absolute atomic E-state index is 10.3. The van der Waals surface area contributed by atoms with Crippen LogP contribution in [0.2, 0.25) is 0 Å². The molecular weight excluding hydrogens is 278 g/mol. The van der Waals surface area contributed by atoms with Crippen LogP contribution in [-0.4, -0.2) is 42.1 Å². The van der Waals surface area contributed by atoms with E-state index in [1.54, 1.807) is 6.07 Å². The van der Waals surface area contributed by atoms with Gasteiger partial charge < -0.3 is 14.6 Å². The van der Waals surface area contributed by atoms with Crippen LogP contribution in [0, 0.1) is 0 Å². The average Bonchev–Trinajstić information content (AvgIpc) is 3.01. The minimum Gasteiger partial charge on any atom is -0.508 e. The maximum Gasteiger partial charge on any atom is 0.170 e. The second-order valence-electron chi connectivity index (χ2n) is 6.17. The van der Waals surface area contributed by atoms with Gasteiger partial charge in [0, 0.05) is 38.0 Å². The molecule has 1 spiro atoms. The summed E-state index contributed by atoms with van der Waals surface area (Å²) in [5.41, 5.74) is 1.02. The van der Waals surface area contributed by atoms with Gasteiger partial charge in [0.05, 0.1) is 13.2 Å². The monoisotopic (exact) mass is 299 g/mol. The van der Waals surface area contributed by atoms with E-state index in [4.69, 9.17) is 9.47 Å². The number of aromatic hydroxyl groups is 1. The average molecular weight is 299 g/mol. The molecule has 0 aliphatic carbocycles. The van der Waals surface area contributed by atoms with Crippen LogP contribution in [0.4, 0.5) is 0 Å². The molecule has 0 saturated carbocycles. The Morgan fingerprint density at radius 1 is 1.00 bits per heavy atom. The predicted octanol–water partition coefficient (Wildman–Crippen LogP) is 2.88. The van der Waals surface area contributed by atoms with Crippen LogP contribution in [0.25, 0.3) is 10.8 Å². The lowest BCUT2D eigenvalue weighted by Crippen LogP contribution is -2.44. The molecule has 4 heteroatoms. The molecule has 4 rings (SSSR count). The molecule has 2 fully saturated rings. The van der Waals surface area contributed by atoms with Gasteiger partial charge in [0.15, 0.2) is 5.79 Å². The van der Waals surface area contributed by atoms with Gasteiger partial charge in [-0.3, -0.25) is 4.90 Å². The highest BCUT2D eigenvalue weighted by molar-refractivity contribution is 5.87. The molecule has 116 valence electrons. The molecule has 2 saturated heterocycles. The third kappa shape index (κ3) is 2.47. The molecule has 0 unspecified atom stereocenters. The van der Waals surface area contributed by atoms with E-state index in [0.29, 0.717) is 19.0 Å². The first-order valence-corrected chi connectivity index (χ1v) is 7.96. The van der Waals surface area contributed by atoms with Crippen molar-refractivity contribution in [3.63, 3.8) is 0 Å². The van der Waals surface area contributed by atoms with Crippen LogP contribution in [-0.2, 0) is 16.0 Å². The molecule has 0 radical (unpaired) electrons. The Kier molecular flexibility index (Phi) is 3.53. The van der Waals surface area contributed by atoms with Crippen molar-refractivity contribution in [1.29, 1.82) is 0 Å². The van der Waals surface area contributed by atoms with Gasteiger partial charge in [-0.05, 0) is 16.8 Å². The van der Waals surface area contributed by atoms with Crippen molar-refractivity contribution in [2.75, 3.05) is 26.3 Å². The van der Waals surface area contributed by atoms with Gasteiger partial charge in [-0.2, -0.15) is 0 Å². The van der Waals surface area contributed by atoms with Crippen LogP contribution < -0.4 is 0 Å². The molecule has 2 aliphatic heterocycles. The third-order valence-corrected chi connectivity index (χ3v) is 4.83. The quantitative estimate of drug-likeness (QED) is 0.926. The summed E-state index contributed by atoms with van der Waals surface area (Å²) in [6, 6.07) is 12.0. The number of ether oxygens (including phenoxy) is 2. The number of phenolic OH excluding ortho intramolecular Hbond substituents is 1. The fraction of sp³-hybridized carbons (Fsp3) is 0.444. The molecule has 0 amide bonds. The fourth-order valence-electron chi connectivity index (χ4n) is 3.55. The Bertz CT molecular complexity index is 669. The fourth-order valence-corrected chi connectivity index (χ4v) is 3.55. The zero-order chi connectivity index (χ0) is 15.0. The molecule has 1 N–H and O–H groups in total. The number of benzene rings is 2. The van der Waals surface area contributed by atoms with Crippen molar-refractivity contribution in [3.05, 3.63) is 42.0 Å². The molecule has 0 bridgehead atoms. The van der Waals surface area contributed by atoms with Crippen molar-refractivity contribution in [3.8, 4) is 5.75 Å². The number of hydrogen-bond acceptors (Lipinski definition) is 4. The molecular formula is C18H21NO3. The Labute approximate surface area is 130 Å². The van der Waals surface area contributed by atoms with Gasteiger partial charge >= 0.3 is 0 Å². The van der Waals surface area contributed by atoms with Gasteiger partial charge in [-0.25, -0.2) is 0 Å². The molecule has 2 aliphatic rings. The molecule has 4 nitrogen and oxygen atoms in total. The van der Waals surface area contributed by atoms with Gasteiger partial charge in [0.25, 0.3) is 0 Å². The lowest BCUT2D eigenvalue weighted by molar-refractivity contribution is -0.185. The van der Waals surface area contributed by atoms with Gasteiger partial charge in [0.1, 0.15) is 5.75 Å². The summed E-state index contributed by atoms with van der Waals surface area (Å²) in [6.07, 6.45) is 1.80. The summed E-state index contributed by atoms with van der Waals surface area (Å²) >= 11 is 0. The van der Waals surface area contributed by atoms with Crippen molar-refractivity contribution >= 4 is 10.8 Å². The largest absolute Gasteiger partial charge is 0.508 e. The van der Waals surface area contributed by atoms with Crippen LogP contribution in [0.3, 0.4) is 0 Å². The summed E-state index contributed by atoms with van der Waals surface area (Å²) in [5.74, 6) is 0.0458. The van der Waals surface area contributed by atoms with Gasteiger partial charge in [0.2, 0.25) is 0 Å². The smallest absolute Gasteiger partial charge is 0.170 e. The highest BCUT2D eigenvalue weighted by atomic mass is 16.7. The summed E-state index contributed by atoms with van der Waals surface area (Å²) in [4.78, 5) is 2.37. The van der Waals surface area contributed by atoms with Gasteiger partial charge in [-0.1, -0.05) is 30.3 Å². The molecule has 22 heavy (non-hydrogen) atoms. The van der Waals surface area contributed by atoms with Gasteiger partial charge in [-0.15, -0.1) is 0 Å². The minimum atomic E-state index is -0.336. The number of fused-ring (bicyclic) bond motifs is 1. The van der Waals surface area contributed by atoms with Crippen molar-refractivity contribution < 1.29 is 14.6 Å². The highest BCUT2D eigenvalue weighted by Gasteiger charge is 2.39. The van der Waals surface area contributed by atoms with E-state index in [2.05, 4.69) is 17.0 Å². The normalized spacial score (nSPS) is 21.6. The highest BCUT2D eigenvalue weighted by Crippen LogP contribution is 2.34.